The zero-order valence-electron chi connectivity index (χ0n) is 14.2. The quantitative estimate of drug-likeness (QED) is 0.918. The van der Waals surface area contributed by atoms with Gasteiger partial charge in [0.1, 0.15) is 18.1 Å². The van der Waals surface area contributed by atoms with Crippen LogP contribution in [0.25, 0.3) is 0 Å². The van der Waals surface area contributed by atoms with Gasteiger partial charge in [0, 0.05) is 12.0 Å². The van der Waals surface area contributed by atoms with Crippen molar-refractivity contribution in [3.63, 3.8) is 0 Å². The molecule has 26 heavy (non-hydrogen) atoms. The van der Waals surface area contributed by atoms with E-state index in [0.29, 0.717) is 18.0 Å². The molecule has 1 heterocycles. The highest BCUT2D eigenvalue weighted by Gasteiger charge is 2.40. The maximum absolute atomic E-state index is 13.3. The molecule has 2 atom stereocenters. The predicted molar refractivity (Wildman–Crippen MR) is 94.6 cm³/mol. The van der Waals surface area contributed by atoms with Gasteiger partial charge in [-0.05, 0) is 36.2 Å². The zero-order valence-corrected chi connectivity index (χ0v) is 14.2. The molecule has 1 N–H and O–H groups in total. The molecule has 0 bridgehead atoms. The van der Waals surface area contributed by atoms with Crippen molar-refractivity contribution in [2.75, 3.05) is 18.1 Å². The van der Waals surface area contributed by atoms with E-state index in [2.05, 4.69) is 5.32 Å². The second kappa shape index (κ2) is 6.78. The Bertz CT molecular complexity index is 854. The number of ether oxygens (including phenoxy) is 1. The maximum Gasteiger partial charge on any atom is 0.240 e. The summed E-state index contributed by atoms with van der Waals surface area (Å²) >= 11 is 0. The van der Waals surface area contributed by atoms with Crippen LogP contribution in [0, 0.1) is 5.82 Å². The molecule has 6 heteroatoms. The van der Waals surface area contributed by atoms with Crippen LogP contribution in [-0.4, -0.2) is 31.0 Å². The number of amides is 2. The minimum absolute atomic E-state index is 0.0159. The van der Waals surface area contributed by atoms with Crippen molar-refractivity contribution in [3.05, 3.63) is 59.9 Å². The van der Waals surface area contributed by atoms with Gasteiger partial charge < -0.3 is 10.1 Å². The molecule has 134 valence electrons. The minimum Gasteiger partial charge on any atom is -0.491 e. The van der Waals surface area contributed by atoms with E-state index in [4.69, 9.17) is 4.74 Å². The van der Waals surface area contributed by atoms with Gasteiger partial charge in [0.15, 0.2) is 0 Å². The number of nitrogens with zero attached hydrogens (tertiary/aromatic N) is 1. The smallest absolute Gasteiger partial charge is 0.240 e. The van der Waals surface area contributed by atoms with Gasteiger partial charge in [-0.25, -0.2) is 4.39 Å². The van der Waals surface area contributed by atoms with Crippen LogP contribution >= 0.6 is 0 Å². The summed E-state index contributed by atoms with van der Waals surface area (Å²) in [4.78, 5) is 26.3. The zero-order chi connectivity index (χ0) is 18.1. The van der Waals surface area contributed by atoms with Crippen LogP contribution in [0.4, 0.5) is 10.1 Å². The Hall–Kier alpha value is -2.89. The number of hydrogen-bond donors (Lipinski definition) is 1. The Morgan fingerprint density at radius 2 is 2.08 bits per heavy atom. The third kappa shape index (κ3) is 3.40. The molecular weight excluding hydrogens is 335 g/mol. The molecule has 1 aliphatic heterocycles. The van der Waals surface area contributed by atoms with Crippen LogP contribution < -0.4 is 15.0 Å². The van der Waals surface area contributed by atoms with Crippen LogP contribution in [0.15, 0.2) is 48.5 Å². The van der Waals surface area contributed by atoms with Crippen LogP contribution in [-0.2, 0) is 9.59 Å². The fourth-order valence-electron chi connectivity index (χ4n) is 3.35. The van der Waals surface area contributed by atoms with Crippen LogP contribution in [0.2, 0.25) is 0 Å². The summed E-state index contributed by atoms with van der Waals surface area (Å²) in [6, 6.07) is 13.6. The minimum atomic E-state index is -0.272. The second-order valence-corrected chi connectivity index (χ2v) is 6.62. The first-order chi connectivity index (χ1) is 12.6. The first kappa shape index (κ1) is 16.6. The fraction of sp³-hybridized carbons (Fsp3) is 0.300. The average molecular weight is 354 g/mol. The summed E-state index contributed by atoms with van der Waals surface area (Å²) in [6.45, 7) is 0.254. The highest BCUT2D eigenvalue weighted by Crippen LogP contribution is 2.41. The Morgan fingerprint density at radius 1 is 1.23 bits per heavy atom. The number of halogens is 1. The molecule has 0 radical (unpaired) electrons. The van der Waals surface area contributed by atoms with Gasteiger partial charge in [-0.15, -0.1) is 0 Å². The van der Waals surface area contributed by atoms with Crippen molar-refractivity contribution < 1.29 is 18.7 Å². The van der Waals surface area contributed by atoms with Gasteiger partial charge in [-0.1, -0.05) is 24.3 Å². The highest BCUT2D eigenvalue weighted by molar-refractivity contribution is 6.00. The maximum atomic E-state index is 13.3. The third-order valence-corrected chi connectivity index (χ3v) is 4.75. The predicted octanol–water partition coefficient (Wildman–Crippen LogP) is 2.61. The summed E-state index contributed by atoms with van der Waals surface area (Å²) < 4.78 is 18.9. The lowest BCUT2D eigenvalue weighted by Gasteiger charge is -2.21. The number of anilines is 1. The number of hydrogen-bond acceptors (Lipinski definition) is 3. The van der Waals surface area contributed by atoms with E-state index in [1.54, 1.807) is 18.2 Å². The molecule has 2 aliphatic rings. The van der Waals surface area contributed by atoms with Crippen molar-refractivity contribution >= 4 is 17.5 Å². The van der Waals surface area contributed by atoms with Crippen molar-refractivity contribution in [2.45, 2.75) is 24.8 Å². The highest BCUT2D eigenvalue weighted by atomic mass is 19.1. The van der Waals surface area contributed by atoms with E-state index in [0.717, 1.165) is 12.0 Å². The summed E-state index contributed by atoms with van der Waals surface area (Å²) in [7, 11) is 0. The van der Waals surface area contributed by atoms with Gasteiger partial charge in [0.05, 0.1) is 18.7 Å². The number of nitrogens with one attached hydrogen (secondary N) is 1. The van der Waals surface area contributed by atoms with Crippen molar-refractivity contribution in [1.82, 2.24) is 5.32 Å². The monoisotopic (exact) mass is 354 g/mol. The molecular formula is C20H19FN2O3. The van der Waals surface area contributed by atoms with E-state index in [1.807, 2.05) is 18.2 Å². The lowest BCUT2D eigenvalue weighted by atomic mass is 10.1. The lowest BCUT2D eigenvalue weighted by Crippen LogP contribution is -2.41. The van der Waals surface area contributed by atoms with Crippen molar-refractivity contribution in [1.29, 1.82) is 0 Å². The summed E-state index contributed by atoms with van der Waals surface area (Å²) in [5, 5.41) is 2.94. The Labute approximate surface area is 150 Å². The molecule has 0 spiro atoms. The first-order valence-corrected chi connectivity index (χ1v) is 8.69. The molecule has 2 amide bonds. The molecule has 2 aromatic rings. The summed E-state index contributed by atoms with van der Waals surface area (Å²) in [5.41, 5.74) is 1.50. The number of carbonyl (C=O) groups excluding carboxylic acids is 2. The largest absolute Gasteiger partial charge is 0.491 e. The van der Waals surface area contributed by atoms with Crippen LogP contribution in [0.3, 0.4) is 0 Å². The standard InChI is InChI=1S/C20H19FN2O3/c21-14-5-3-4-13(10-14)15-11-16(15)22-19(24)12-23-17-6-1-2-7-18(17)26-9-8-20(23)25/h1-7,10,15-16H,8-9,11-12H2,(H,22,24)/t15-,16-/m0/s1. The molecule has 0 aromatic heterocycles. The Balaban J connectivity index is 1.41. The summed E-state index contributed by atoms with van der Waals surface area (Å²) in [6.07, 6.45) is 1.01. The molecule has 5 nitrogen and oxygen atoms in total. The molecule has 0 saturated heterocycles. The fourth-order valence-corrected chi connectivity index (χ4v) is 3.35. The van der Waals surface area contributed by atoms with E-state index >= 15 is 0 Å². The van der Waals surface area contributed by atoms with Gasteiger partial charge in [-0.2, -0.15) is 0 Å². The number of fused-ring (bicyclic) bond motifs is 1. The van der Waals surface area contributed by atoms with E-state index in [1.165, 1.54) is 17.0 Å². The number of rotatable bonds is 4. The van der Waals surface area contributed by atoms with Gasteiger partial charge in [-0.3, -0.25) is 14.5 Å². The number of carbonyl (C=O) groups is 2. The lowest BCUT2D eigenvalue weighted by molar-refractivity contribution is -0.124. The SMILES string of the molecule is O=C(CN1C(=O)CCOc2ccccc21)N[C@H]1C[C@H]1c1cccc(F)c1. The van der Waals surface area contributed by atoms with Crippen LogP contribution in [0.5, 0.6) is 5.75 Å². The van der Waals surface area contributed by atoms with Gasteiger partial charge >= 0.3 is 0 Å². The second-order valence-electron chi connectivity index (χ2n) is 6.62. The van der Waals surface area contributed by atoms with Crippen molar-refractivity contribution in [2.24, 2.45) is 0 Å². The Kier molecular flexibility index (Phi) is 4.32. The first-order valence-electron chi connectivity index (χ1n) is 8.69. The van der Waals surface area contributed by atoms with E-state index in [-0.39, 0.29) is 42.6 Å². The molecule has 0 unspecified atom stereocenters. The number of para-hydroxylation sites is 2. The van der Waals surface area contributed by atoms with Crippen LogP contribution in [0.1, 0.15) is 24.3 Å². The van der Waals surface area contributed by atoms with Gasteiger partial charge in [0.25, 0.3) is 0 Å². The summed E-state index contributed by atoms with van der Waals surface area (Å²) in [5.74, 6) is 0.105. The normalized spacial score (nSPS) is 21.4. The molecule has 4 rings (SSSR count). The third-order valence-electron chi connectivity index (χ3n) is 4.75. The topological polar surface area (TPSA) is 58.6 Å². The van der Waals surface area contributed by atoms with E-state index in [9.17, 15) is 14.0 Å². The Morgan fingerprint density at radius 3 is 2.92 bits per heavy atom. The molecule has 2 aromatic carbocycles. The van der Waals surface area contributed by atoms with Crippen molar-refractivity contribution in [3.8, 4) is 5.75 Å². The number of benzene rings is 2. The molecule has 1 aliphatic carbocycles. The van der Waals surface area contributed by atoms with Gasteiger partial charge in [0.2, 0.25) is 11.8 Å². The average Bonchev–Trinajstić information content (AvgIpc) is 3.40. The van der Waals surface area contributed by atoms with E-state index < -0.39 is 0 Å². The molecule has 1 fully saturated rings. The molecule has 1 saturated carbocycles.